The van der Waals surface area contributed by atoms with Gasteiger partial charge in [0.15, 0.2) is 0 Å². The normalized spacial score (nSPS) is 34.0. The summed E-state index contributed by atoms with van der Waals surface area (Å²) in [6.07, 6.45) is 0.752. The lowest BCUT2D eigenvalue weighted by Crippen LogP contribution is -2.30. The van der Waals surface area contributed by atoms with Gasteiger partial charge in [0.1, 0.15) is 0 Å². The van der Waals surface area contributed by atoms with Gasteiger partial charge in [-0.1, -0.05) is 20.8 Å². The molecule has 2 unspecified atom stereocenters. The van der Waals surface area contributed by atoms with E-state index in [-0.39, 0.29) is 6.10 Å². The molecule has 12 heavy (non-hydrogen) atoms. The lowest BCUT2D eigenvalue weighted by Gasteiger charge is -2.18. The molecule has 2 nitrogen and oxygen atoms in total. The summed E-state index contributed by atoms with van der Waals surface area (Å²) in [6.45, 7) is 9.82. The summed E-state index contributed by atoms with van der Waals surface area (Å²) in [5.41, 5.74) is 0. The van der Waals surface area contributed by atoms with Gasteiger partial charge in [0.05, 0.1) is 6.10 Å². The number of nitrogens with zero attached hydrogens (tertiary/aromatic N) is 1. The van der Waals surface area contributed by atoms with Gasteiger partial charge in [0, 0.05) is 19.6 Å². The van der Waals surface area contributed by atoms with Crippen LogP contribution in [-0.2, 0) is 0 Å². The molecule has 0 aromatic rings. The van der Waals surface area contributed by atoms with E-state index >= 15 is 0 Å². The molecule has 1 rings (SSSR count). The summed E-state index contributed by atoms with van der Waals surface area (Å²) in [5.74, 6) is 1.60. The molecule has 1 fully saturated rings. The van der Waals surface area contributed by atoms with E-state index in [0.717, 1.165) is 37.9 Å². The van der Waals surface area contributed by atoms with E-state index in [1.165, 1.54) is 0 Å². The van der Waals surface area contributed by atoms with Crippen LogP contribution in [0.15, 0.2) is 0 Å². The van der Waals surface area contributed by atoms with Crippen molar-refractivity contribution >= 4 is 0 Å². The molecule has 1 N–H and O–H groups in total. The molecular formula is C10H21NO. The minimum Gasteiger partial charge on any atom is -0.392 e. The Morgan fingerprint density at radius 3 is 2.25 bits per heavy atom. The number of hydrogen-bond acceptors (Lipinski definition) is 2. The maximum absolute atomic E-state index is 9.45. The van der Waals surface area contributed by atoms with Crippen molar-refractivity contribution in [2.75, 3.05) is 19.6 Å². The van der Waals surface area contributed by atoms with Crippen LogP contribution in [0.25, 0.3) is 0 Å². The van der Waals surface area contributed by atoms with E-state index < -0.39 is 0 Å². The second kappa shape index (κ2) is 4.24. The standard InChI is InChI=1S/C10H21NO/c1-4-10(12)7-11-5-8(2)9(3)6-11/h8-10,12H,4-7H2,1-3H3/t8?,9?,10-/m0/s1. The first-order valence-electron chi connectivity index (χ1n) is 5.04. The molecule has 0 aromatic carbocycles. The van der Waals surface area contributed by atoms with Crippen LogP contribution in [0, 0.1) is 11.8 Å². The zero-order chi connectivity index (χ0) is 9.14. The Labute approximate surface area is 75.6 Å². The van der Waals surface area contributed by atoms with Crippen molar-refractivity contribution in [3.63, 3.8) is 0 Å². The molecular weight excluding hydrogens is 150 g/mol. The van der Waals surface area contributed by atoms with E-state index in [0.29, 0.717) is 0 Å². The first kappa shape index (κ1) is 10.0. The number of aliphatic hydroxyl groups excluding tert-OH is 1. The van der Waals surface area contributed by atoms with E-state index in [2.05, 4.69) is 18.7 Å². The van der Waals surface area contributed by atoms with Gasteiger partial charge in [-0.2, -0.15) is 0 Å². The molecule has 0 aliphatic carbocycles. The Morgan fingerprint density at radius 1 is 1.33 bits per heavy atom. The Kier molecular flexibility index (Phi) is 3.53. The highest BCUT2D eigenvalue weighted by Crippen LogP contribution is 2.22. The third-order valence-corrected chi connectivity index (χ3v) is 3.00. The van der Waals surface area contributed by atoms with Crippen molar-refractivity contribution in [1.82, 2.24) is 4.90 Å². The smallest absolute Gasteiger partial charge is 0.0664 e. The molecule has 3 atom stereocenters. The van der Waals surface area contributed by atoms with Crippen molar-refractivity contribution < 1.29 is 5.11 Å². The second-order valence-corrected chi connectivity index (χ2v) is 4.24. The molecule has 1 aliphatic rings. The van der Waals surface area contributed by atoms with Crippen LogP contribution in [-0.4, -0.2) is 35.7 Å². The van der Waals surface area contributed by atoms with Gasteiger partial charge in [-0.25, -0.2) is 0 Å². The molecule has 0 radical (unpaired) electrons. The molecule has 72 valence electrons. The monoisotopic (exact) mass is 171 g/mol. The largest absolute Gasteiger partial charge is 0.392 e. The molecule has 0 amide bonds. The minimum atomic E-state index is -0.123. The number of hydrogen-bond donors (Lipinski definition) is 1. The highest BCUT2D eigenvalue weighted by Gasteiger charge is 2.26. The van der Waals surface area contributed by atoms with E-state index in [1.807, 2.05) is 6.92 Å². The maximum atomic E-state index is 9.45. The van der Waals surface area contributed by atoms with Crippen molar-refractivity contribution in [3.05, 3.63) is 0 Å². The summed E-state index contributed by atoms with van der Waals surface area (Å²) in [7, 11) is 0. The number of β-amino-alcohol motifs (C(OH)–C–C–N with tert-alkyl or cyclic N) is 1. The predicted molar refractivity (Wildman–Crippen MR) is 51.1 cm³/mol. The zero-order valence-electron chi connectivity index (χ0n) is 8.45. The molecule has 1 heterocycles. The van der Waals surface area contributed by atoms with Crippen LogP contribution >= 0.6 is 0 Å². The average Bonchev–Trinajstić information content (AvgIpc) is 2.31. The van der Waals surface area contributed by atoms with Gasteiger partial charge in [-0.3, -0.25) is 0 Å². The third kappa shape index (κ3) is 2.46. The second-order valence-electron chi connectivity index (χ2n) is 4.24. The van der Waals surface area contributed by atoms with E-state index in [1.54, 1.807) is 0 Å². The summed E-state index contributed by atoms with van der Waals surface area (Å²) < 4.78 is 0. The SMILES string of the molecule is CC[C@H](O)CN1CC(C)C(C)C1. The van der Waals surface area contributed by atoms with Gasteiger partial charge in [-0.05, 0) is 18.3 Å². The summed E-state index contributed by atoms with van der Waals surface area (Å²) >= 11 is 0. The van der Waals surface area contributed by atoms with Gasteiger partial charge in [-0.15, -0.1) is 0 Å². The quantitative estimate of drug-likeness (QED) is 0.693. The Hall–Kier alpha value is -0.0800. The van der Waals surface area contributed by atoms with E-state index in [4.69, 9.17) is 0 Å². The van der Waals surface area contributed by atoms with Gasteiger partial charge in [0.2, 0.25) is 0 Å². The maximum Gasteiger partial charge on any atom is 0.0664 e. The number of rotatable bonds is 3. The minimum absolute atomic E-state index is 0.123. The first-order valence-corrected chi connectivity index (χ1v) is 5.04. The van der Waals surface area contributed by atoms with Crippen LogP contribution in [0.1, 0.15) is 27.2 Å². The van der Waals surface area contributed by atoms with E-state index in [9.17, 15) is 5.11 Å². The highest BCUT2D eigenvalue weighted by molar-refractivity contribution is 4.79. The fourth-order valence-corrected chi connectivity index (χ4v) is 1.83. The molecule has 0 bridgehead atoms. The van der Waals surface area contributed by atoms with Crippen molar-refractivity contribution in [1.29, 1.82) is 0 Å². The number of aliphatic hydroxyl groups is 1. The van der Waals surface area contributed by atoms with Crippen LogP contribution in [0.3, 0.4) is 0 Å². The first-order chi connectivity index (χ1) is 5.63. The summed E-state index contributed by atoms with van der Waals surface area (Å²) in [6, 6.07) is 0. The number of likely N-dealkylation sites (tertiary alicyclic amines) is 1. The fraction of sp³-hybridized carbons (Fsp3) is 1.00. The van der Waals surface area contributed by atoms with Crippen LogP contribution < -0.4 is 0 Å². The molecule has 1 saturated heterocycles. The summed E-state index contributed by atoms with van der Waals surface area (Å²) in [5, 5.41) is 9.45. The Balaban J connectivity index is 2.27. The average molecular weight is 171 g/mol. The lowest BCUT2D eigenvalue weighted by molar-refractivity contribution is 0.119. The Morgan fingerprint density at radius 2 is 1.83 bits per heavy atom. The van der Waals surface area contributed by atoms with Gasteiger partial charge < -0.3 is 10.0 Å². The predicted octanol–water partition coefficient (Wildman–Crippen LogP) is 1.35. The highest BCUT2D eigenvalue weighted by atomic mass is 16.3. The van der Waals surface area contributed by atoms with Crippen molar-refractivity contribution in [3.8, 4) is 0 Å². The van der Waals surface area contributed by atoms with Crippen LogP contribution in [0.5, 0.6) is 0 Å². The van der Waals surface area contributed by atoms with Gasteiger partial charge in [0.25, 0.3) is 0 Å². The molecule has 1 aliphatic heterocycles. The molecule has 2 heteroatoms. The van der Waals surface area contributed by atoms with Crippen molar-refractivity contribution in [2.24, 2.45) is 11.8 Å². The Bertz CT molecular complexity index is 128. The molecule has 0 spiro atoms. The van der Waals surface area contributed by atoms with Crippen LogP contribution in [0.2, 0.25) is 0 Å². The topological polar surface area (TPSA) is 23.5 Å². The zero-order valence-corrected chi connectivity index (χ0v) is 8.45. The summed E-state index contributed by atoms with van der Waals surface area (Å²) in [4.78, 5) is 2.38. The van der Waals surface area contributed by atoms with Crippen molar-refractivity contribution in [2.45, 2.75) is 33.3 Å². The lowest BCUT2D eigenvalue weighted by atomic mass is 10.0. The van der Waals surface area contributed by atoms with Crippen LogP contribution in [0.4, 0.5) is 0 Å². The fourth-order valence-electron chi connectivity index (χ4n) is 1.83. The molecule has 0 aromatic heterocycles. The third-order valence-electron chi connectivity index (χ3n) is 3.00. The van der Waals surface area contributed by atoms with Gasteiger partial charge >= 0.3 is 0 Å². The molecule has 0 saturated carbocycles.